The Bertz CT molecular complexity index is 483. The Kier molecular flexibility index (Phi) is 3.67. The van der Waals surface area contributed by atoms with Crippen molar-refractivity contribution in [1.29, 1.82) is 0 Å². The van der Waals surface area contributed by atoms with Gasteiger partial charge < -0.3 is 14.4 Å². The molecule has 3 nitrogen and oxygen atoms in total. The van der Waals surface area contributed by atoms with E-state index in [0.29, 0.717) is 6.10 Å². The molecule has 2 atom stereocenters. The van der Waals surface area contributed by atoms with Crippen LogP contribution in [0.25, 0.3) is 0 Å². The first-order chi connectivity index (χ1) is 9.46. The zero-order valence-electron chi connectivity index (χ0n) is 13.0. The molecule has 1 saturated heterocycles. The van der Waals surface area contributed by atoms with Crippen LogP contribution in [0, 0.1) is 12.3 Å². The van der Waals surface area contributed by atoms with Crippen molar-refractivity contribution in [2.24, 2.45) is 5.41 Å². The second-order valence-electron chi connectivity index (χ2n) is 7.35. The Morgan fingerprint density at radius 2 is 2.20 bits per heavy atom. The van der Waals surface area contributed by atoms with E-state index in [1.54, 1.807) is 0 Å². The molecule has 0 amide bonds. The lowest BCUT2D eigenvalue weighted by atomic mass is 9.75. The van der Waals surface area contributed by atoms with Crippen molar-refractivity contribution in [3.05, 3.63) is 23.0 Å². The van der Waals surface area contributed by atoms with Crippen molar-refractivity contribution >= 4 is 0 Å². The molecule has 1 aromatic heterocycles. The SMILES string of the molecule is Cc1cc2c(n1CC1CCCCO1)CC(C)(C)CC2O. The molecule has 2 unspecified atom stereocenters. The van der Waals surface area contributed by atoms with E-state index < -0.39 is 0 Å². The maximum atomic E-state index is 10.4. The molecular formula is C17H27NO2. The summed E-state index contributed by atoms with van der Waals surface area (Å²) >= 11 is 0. The highest BCUT2D eigenvalue weighted by atomic mass is 16.5. The van der Waals surface area contributed by atoms with Gasteiger partial charge in [0.2, 0.25) is 0 Å². The zero-order valence-corrected chi connectivity index (χ0v) is 13.0. The summed E-state index contributed by atoms with van der Waals surface area (Å²) in [6.45, 7) is 8.51. The number of nitrogens with zero attached hydrogens (tertiary/aromatic N) is 1. The van der Waals surface area contributed by atoms with Gasteiger partial charge in [-0.15, -0.1) is 0 Å². The molecule has 2 aliphatic rings. The van der Waals surface area contributed by atoms with Crippen LogP contribution in [0.3, 0.4) is 0 Å². The number of fused-ring (bicyclic) bond motifs is 1. The van der Waals surface area contributed by atoms with Crippen molar-refractivity contribution in [3.63, 3.8) is 0 Å². The van der Waals surface area contributed by atoms with Gasteiger partial charge in [-0.25, -0.2) is 0 Å². The minimum absolute atomic E-state index is 0.183. The van der Waals surface area contributed by atoms with E-state index in [-0.39, 0.29) is 11.5 Å². The van der Waals surface area contributed by atoms with Crippen LogP contribution in [0.4, 0.5) is 0 Å². The summed E-state index contributed by atoms with van der Waals surface area (Å²) in [6, 6.07) is 2.18. The number of ether oxygens (including phenoxy) is 1. The molecule has 0 aromatic carbocycles. The lowest BCUT2D eigenvalue weighted by Crippen LogP contribution is -2.30. The highest BCUT2D eigenvalue weighted by Crippen LogP contribution is 2.42. The van der Waals surface area contributed by atoms with Crippen molar-refractivity contribution in [2.45, 2.75) is 71.6 Å². The number of aryl methyl sites for hydroxylation is 1. The van der Waals surface area contributed by atoms with Gasteiger partial charge in [0, 0.05) is 30.1 Å². The quantitative estimate of drug-likeness (QED) is 0.899. The first kappa shape index (κ1) is 14.2. The summed E-state index contributed by atoms with van der Waals surface area (Å²) in [5, 5.41) is 10.4. The largest absolute Gasteiger partial charge is 0.388 e. The van der Waals surface area contributed by atoms with Crippen molar-refractivity contribution in [3.8, 4) is 0 Å². The number of rotatable bonds is 2. The van der Waals surface area contributed by atoms with Crippen LogP contribution in [0.2, 0.25) is 0 Å². The van der Waals surface area contributed by atoms with Crippen LogP contribution in [0.1, 0.15) is 62.6 Å². The minimum atomic E-state index is -0.305. The maximum absolute atomic E-state index is 10.4. The van der Waals surface area contributed by atoms with E-state index in [0.717, 1.165) is 31.6 Å². The summed E-state index contributed by atoms with van der Waals surface area (Å²) in [7, 11) is 0. The van der Waals surface area contributed by atoms with Crippen molar-refractivity contribution in [2.75, 3.05) is 6.61 Å². The summed E-state index contributed by atoms with van der Waals surface area (Å²) in [6.07, 6.45) is 5.61. The topological polar surface area (TPSA) is 34.4 Å². The first-order valence-corrected chi connectivity index (χ1v) is 7.95. The molecule has 0 spiro atoms. The fraction of sp³-hybridized carbons (Fsp3) is 0.765. The van der Waals surface area contributed by atoms with Gasteiger partial charge in [0.05, 0.1) is 12.2 Å². The van der Waals surface area contributed by atoms with E-state index in [1.807, 2.05) is 0 Å². The van der Waals surface area contributed by atoms with E-state index in [9.17, 15) is 5.11 Å². The molecule has 20 heavy (non-hydrogen) atoms. The molecule has 0 bridgehead atoms. The number of aliphatic hydroxyl groups excluding tert-OH is 1. The third-order valence-corrected chi connectivity index (χ3v) is 4.86. The molecule has 1 aliphatic heterocycles. The Morgan fingerprint density at radius 1 is 1.40 bits per heavy atom. The zero-order chi connectivity index (χ0) is 14.3. The summed E-state index contributed by atoms with van der Waals surface area (Å²) in [4.78, 5) is 0. The minimum Gasteiger partial charge on any atom is -0.388 e. The number of aliphatic hydroxyl groups is 1. The number of hydrogen-bond donors (Lipinski definition) is 1. The summed E-state index contributed by atoms with van der Waals surface area (Å²) < 4.78 is 8.29. The number of aromatic nitrogens is 1. The smallest absolute Gasteiger partial charge is 0.0812 e. The van der Waals surface area contributed by atoms with Gasteiger partial charge >= 0.3 is 0 Å². The summed E-state index contributed by atoms with van der Waals surface area (Å²) in [5.41, 5.74) is 3.93. The predicted molar refractivity (Wildman–Crippen MR) is 79.8 cm³/mol. The van der Waals surface area contributed by atoms with Crippen LogP contribution in [0.5, 0.6) is 0 Å². The van der Waals surface area contributed by atoms with Gasteiger partial charge in [0.15, 0.2) is 0 Å². The monoisotopic (exact) mass is 277 g/mol. The first-order valence-electron chi connectivity index (χ1n) is 7.95. The Hall–Kier alpha value is -0.800. The fourth-order valence-corrected chi connectivity index (χ4v) is 3.81. The van der Waals surface area contributed by atoms with Gasteiger partial charge in [0.25, 0.3) is 0 Å². The van der Waals surface area contributed by atoms with E-state index in [4.69, 9.17) is 4.74 Å². The van der Waals surface area contributed by atoms with Crippen molar-refractivity contribution < 1.29 is 9.84 Å². The summed E-state index contributed by atoms with van der Waals surface area (Å²) in [5.74, 6) is 0. The molecule has 0 radical (unpaired) electrons. The molecule has 2 heterocycles. The predicted octanol–water partition coefficient (Wildman–Crippen LogP) is 3.37. The van der Waals surface area contributed by atoms with Crippen LogP contribution >= 0.6 is 0 Å². The average Bonchev–Trinajstić information content (AvgIpc) is 2.67. The molecular weight excluding hydrogens is 250 g/mol. The third kappa shape index (κ3) is 2.66. The Balaban J connectivity index is 1.88. The molecule has 1 N–H and O–H groups in total. The van der Waals surface area contributed by atoms with E-state index >= 15 is 0 Å². The molecule has 0 saturated carbocycles. The van der Waals surface area contributed by atoms with Crippen LogP contribution in [-0.4, -0.2) is 22.4 Å². The Morgan fingerprint density at radius 3 is 2.90 bits per heavy atom. The standard InChI is InChI=1S/C17H27NO2/c1-12-8-14-15(9-17(2,3)10-16(14)19)18(12)11-13-6-4-5-7-20-13/h8,13,16,19H,4-7,9-11H2,1-3H3. The third-order valence-electron chi connectivity index (χ3n) is 4.86. The average molecular weight is 277 g/mol. The maximum Gasteiger partial charge on any atom is 0.0812 e. The van der Waals surface area contributed by atoms with Gasteiger partial charge in [-0.3, -0.25) is 0 Å². The highest BCUT2D eigenvalue weighted by Gasteiger charge is 2.34. The molecule has 3 rings (SSSR count). The van der Waals surface area contributed by atoms with Gasteiger partial charge in [-0.1, -0.05) is 13.8 Å². The second-order valence-corrected chi connectivity index (χ2v) is 7.35. The van der Waals surface area contributed by atoms with Gasteiger partial charge in [-0.2, -0.15) is 0 Å². The molecule has 1 fully saturated rings. The van der Waals surface area contributed by atoms with E-state index in [1.165, 1.54) is 30.7 Å². The molecule has 112 valence electrons. The van der Waals surface area contributed by atoms with Crippen molar-refractivity contribution in [1.82, 2.24) is 4.57 Å². The fourth-order valence-electron chi connectivity index (χ4n) is 3.81. The molecule has 1 aromatic rings. The van der Waals surface area contributed by atoms with E-state index in [2.05, 4.69) is 31.4 Å². The van der Waals surface area contributed by atoms with Crippen LogP contribution < -0.4 is 0 Å². The Labute approximate surface area is 121 Å². The normalized spacial score (nSPS) is 29.2. The van der Waals surface area contributed by atoms with Gasteiger partial charge in [0.1, 0.15) is 0 Å². The molecule has 1 aliphatic carbocycles. The second kappa shape index (κ2) is 5.19. The lowest BCUT2D eigenvalue weighted by molar-refractivity contribution is 0.00458. The molecule has 3 heteroatoms. The number of hydrogen-bond acceptors (Lipinski definition) is 2. The lowest BCUT2D eigenvalue weighted by Gasteiger charge is -2.34. The van der Waals surface area contributed by atoms with Crippen LogP contribution in [-0.2, 0) is 17.7 Å². The van der Waals surface area contributed by atoms with Gasteiger partial charge in [-0.05, 0) is 50.5 Å². The van der Waals surface area contributed by atoms with Crippen LogP contribution in [0.15, 0.2) is 6.07 Å². The highest BCUT2D eigenvalue weighted by molar-refractivity contribution is 5.33.